The van der Waals surface area contributed by atoms with Gasteiger partial charge in [0.1, 0.15) is 11.7 Å². The average Bonchev–Trinajstić information content (AvgIpc) is 3.33. The number of carbonyl (C=O) groups excluding carboxylic acids is 3. The summed E-state index contributed by atoms with van der Waals surface area (Å²) >= 11 is 5.91. The number of ketones is 1. The fourth-order valence-electron chi connectivity index (χ4n) is 4.62. The van der Waals surface area contributed by atoms with Crippen LogP contribution in [0.1, 0.15) is 64.4 Å². The molecule has 2 atom stereocenters. The number of benzene rings is 1. The molecule has 41 heavy (non-hydrogen) atoms. The van der Waals surface area contributed by atoms with E-state index in [-0.39, 0.29) is 34.2 Å². The molecule has 1 aromatic heterocycles. The summed E-state index contributed by atoms with van der Waals surface area (Å²) in [4.78, 5) is 44.1. The van der Waals surface area contributed by atoms with Crippen LogP contribution >= 0.6 is 11.6 Å². The molecule has 2 aliphatic heterocycles. The number of nitrogens with two attached hydrogens (primary N) is 1. The minimum atomic E-state index is -2.69. The first-order valence-corrected chi connectivity index (χ1v) is 16.5. The number of esters is 1. The molecule has 12 heteroatoms. The average molecular weight is 608 g/mol. The number of anilines is 1. The topological polar surface area (TPSA) is 112 Å². The fourth-order valence-corrected chi connectivity index (χ4v) is 5.44. The van der Waals surface area contributed by atoms with Crippen molar-refractivity contribution in [2.45, 2.75) is 76.8 Å². The second kappa shape index (κ2) is 11.6. The highest BCUT2D eigenvalue weighted by atomic mass is 35.5. The van der Waals surface area contributed by atoms with Gasteiger partial charge in [-0.25, -0.2) is 13.6 Å². The predicted octanol–water partition coefficient (Wildman–Crippen LogP) is 5.69. The zero-order chi connectivity index (χ0) is 32.1. The molecular weight excluding hydrogens is 572 g/mol. The number of nitrogens with zero attached hydrogens (tertiary/aromatic N) is 2. The smallest absolute Gasteiger partial charge is 0.329 e. The van der Waals surface area contributed by atoms with Crippen LogP contribution in [0.5, 0.6) is 0 Å². The van der Waals surface area contributed by atoms with Crippen LogP contribution in [0.3, 0.4) is 0 Å². The monoisotopic (exact) mass is 607 g/mol. The van der Waals surface area contributed by atoms with Gasteiger partial charge in [-0.3, -0.25) is 14.6 Å². The van der Waals surface area contributed by atoms with Crippen molar-refractivity contribution >= 4 is 48.8 Å². The van der Waals surface area contributed by atoms with Gasteiger partial charge >= 0.3 is 5.97 Å². The number of ether oxygens (including phenoxy) is 1. The summed E-state index contributed by atoms with van der Waals surface area (Å²) in [7, 11) is -2.69. The van der Waals surface area contributed by atoms with E-state index in [1.54, 1.807) is 13.1 Å². The van der Waals surface area contributed by atoms with Gasteiger partial charge < -0.3 is 19.8 Å². The van der Waals surface area contributed by atoms with E-state index in [2.05, 4.69) is 4.98 Å². The Labute approximate surface area is 246 Å². The molecule has 3 heterocycles. The van der Waals surface area contributed by atoms with E-state index >= 15 is 4.39 Å². The number of hydrogen-bond donors (Lipinski definition) is 1. The number of amides is 1. The summed E-state index contributed by atoms with van der Waals surface area (Å²) in [6.45, 7) is 5.88. The molecule has 0 radical (unpaired) electrons. The van der Waals surface area contributed by atoms with Gasteiger partial charge in [-0.2, -0.15) is 0 Å². The fraction of sp³-hybridized carbons (Fsp3) is 0.448. The predicted molar refractivity (Wildman–Crippen MR) is 154 cm³/mol. The largest absolute Gasteiger partial charge is 0.456 e. The number of pyridine rings is 1. The quantitative estimate of drug-likeness (QED) is 0.178. The van der Waals surface area contributed by atoms with Crippen LogP contribution in [0, 0.1) is 11.6 Å². The van der Waals surface area contributed by atoms with Gasteiger partial charge in [-0.15, -0.1) is 0 Å². The van der Waals surface area contributed by atoms with E-state index in [1.807, 2.05) is 20.8 Å². The number of fused-ring (bicyclic) bond motifs is 1. The Morgan fingerprint density at radius 3 is 2.61 bits per heavy atom. The molecule has 0 spiro atoms. The maximum atomic E-state index is 15.4. The molecule has 0 bridgehead atoms. The van der Waals surface area contributed by atoms with Gasteiger partial charge in [0.15, 0.2) is 26.6 Å². The van der Waals surface area contributed by atoms with Gasteiger partial charge in [0.05, 0.1) is 19.9 Å². The second-order valence-corrected chi connectivity index (χ2v) is 16.8. The highest BCUT2D eigenvalue weighted by Gasteiger charge is 2.44. The summed E-state index contributed by atoms with van der Waals surface area (Å²) in [5, 5.41) is -0.501. The van der Waals surface area contributed by atoms with E-state index in [1.165, 1.54) is 23.1 Å². The first kappa shape index (κ1) is 28.0. The summed E-state index contributed by atoms with van der Waals surface area (Å²) in [5.41, 5.74) is 5.33. The van der Waals surface area contributed by atoms with Crippen LogP contribution in [-0.4, -0.2) is 54.6 Å². The molecule has 1 aromatic carbocycles. The van der Waals surface area contributed by atoms with Gasteiger partial charge in [0.25, 0.3) is 0 Å². The molecule has 0 aliphatic carbocycles. The number of rotatable bonds is 8. The summed E-state index contributed by atoms with van der Waals surface area (Å²) in [5.74, 6) is -4.23. The van der Waals surface area contributed by atoms with Crippen LogP contribution in [0.2, 0.25) is 23.2 Å². The molecule has 1 saturated heterocycles. The lowest BCUT2D eigenvalue weighted by Crippen LogP contribution is -2.47. The van der Waals surface area contributed by atoms with Crippen molar-refractivity contribution in [1.82, 2.24) is 9.88 Å². The van der Waals surface area contributed by atoms with E-state index in [0.29, 0.717) is 12.0 Å². The Balaban J connectivity index is 1.46. The number of halogens is 3. The zero-order valence-electron chi connectivity index (χ0n) is 25.5. The lowest BCUT2D eigenvalue weighted by Gasteiger charge is -2.36. The Morgan fingerprint density at radius 1 is 1.22 bits per heavy atom. The lowest BCUT2D eigenvalue weighted by atomic mass is 9.92. The van der Waals surface area contributed by atoms with Crippen molar-refractivity contribution in [1.29, 1.82) is 0 Å². The molecule has 1 fully saturated rings. The van der Waals surface area contributed by atoms with Crippen molar-refractivity contribution < 1.29 is 35.1 Å². The summed E-state index contributed by atoms with van der Waals surface area (Å²) in [6.07, 6.45) is 3.21. The van der Waals surface area contributed by atoms with Crippen LogP contribution in [-0.2, 0) is 25.3 Å². The second-order valence-electron chi connectivity index (χ2n) is 11.7. The van der Waals surface area contributed by atoms with Crippen molar-refractivity contribution in [2.24, 2.45) is 0 Å². The Kier molecular flexibility index (Phi) is 7.93. The number of hydrogen-bond acceptors (Lipinski definition) is 7. The van der Waals surface area contributed by atoms with Crippen molar-refractivity contribution in [3.63, 3.8) is 0 Å². The molecule has 4 rings (SSSR count). The Morgan fingerprint density at radius 2 is 1.93 bits per heavy atom. The van der Waals surface area contributed by atoms with Gasteiger partial charge in [-0.1, -0.05) is 32.4 Å². The molecule has 1 amide bonds. The minimum Gasteiger partial charge on any atom is -0.456 e. The number of aromatic nitrogens is 1. The third kappa shape index (κ3) is 6.22. The molecule has 220 valence electrons. The molecule has 0 saturated carbocycles. The van der Waals surface area contributed by atoms with Crippen LogP contribution < -0.4 is 5.73 Å². The van der Waals surface area contributed by atoms with E-state index in [9.17, 15) is 18.8 Å². The SMILES string of the molecule is [2H]C([2H])(O[Si](C)(C)C(C)(C)C)c1nccc(C(=O)COC(=O)[C@@H]2CCC3CC(c4c(N)ccc(Cl)c4F)=CC(=O)N32)c1F. The van der Waals surface area contributed by atoms with Gasteiger partial charge in [0.2, 0.25) is 11.7 Å². The maximum Gasteiger partial charge on any atom is 0.329 e. The summed E-state index contributed by atoms with van der Waals surface area (Å²) < 4.78 is 57.9. The standard InChI is InChI=1S/C29H34ClF2N3O5Si/c1-29(2,3)41(4,5)40-14-21-26(31)18(10-11-34-21)23(36)15-39-28(38)22-9-6-17-12-16(13-24(37)35(17)22)25-20(33)8-7-19(30)27(25)32/h7-8,10-11,13,17,22H,6,9,12,14-15,33H2,1-5H3/t17?,22-/m0/s1/i14D2. The Hall–Kier alpha value is -3.15. The highest BCUT2D eigenvalue weighted by Crippen LogP contribution is 2.40. The minimum absolute atomic E-state index is 0.0509. The van der Waals surface area contributed by atoms with E-state index in [4.69, 9.17) is 29.2 Å². The first-order chi connectivity index (χ1) is 19.9. The van der Waals surface area contributed by atoms with E-state index < -0.39 is 74.1 Å². The third-order valence-corrected chi connectivity index (χ3v) is 12.5. The third-order valence-electron chi connectivity index (χ3n) is 7.97. The molecule has 8 nitrogen and oxygen atoms in total. The first-order valence-electron chi connectivity index (χ1n) is 14.2. The Bertz CT molecular complexity index is 1520. The van der Waals surface area contributed by atoms with Crippen molar-refractivity contribution in [3.8, 4) is 0 Å². The van der Waals surface area contributed by atoms with Crippen molar-refractivity contribution in [2.75, 3.05) is 12.3 Å². The normalized spacial score (nSPS) is 20.2. The van der Waals surface area contributed by atoms with Gasteiger partial charge in [-0.05, 0) is 61.2 Å². The number of nitrogen functional groups attached to an aromatic ring is 1. The molecule has 2 N–H and O–H groups in total. The number of Topliss-reactive ketones (excluding diaryl/α,β-unsaturated/α-hetero) is 1. The maximum absolute atomic E-state index is 15.4. The van der Waals surface area contributed by atoms with Crippen LogP contribution in [0.4, 0.5) is 14.5 Å². The highest BCUT2D eigenvalue weighted by molar-refractivity contribution is 6.74. The van der Waals surface area contributed by atoms with E-state index in [0.717, 1.165) is 12.3 Å². The lowest BCUT2D eigenvalue weighted by molar-refractivity contribution is -0.152. The zero-order valence-corrected chi connectivity index (χ0v) is 25.3. The van der Waals surface area contributed by atoms with Crippen molar-refractivity contribution in [3.05, 3.63) is 63.9 Å². The molecular formula is C29H34ClF2N3O5Si. The number of carbonyl (C=O) groups is 3. The van der Waals surface area contributed by atoms with Gasteiger partial charge in [0, 0.05) is 29.6 Å². The summed E-state index contributed by atoms with van der Waals surface area (Å²) in [6, 6.07) is 2.43. The molecule has 2 aromatic rings. The van der Waals surface area contributed by atoms with Crippen LogP contribution in [0.25, 0.3) is 5.57 Å². The molecule has 2 aliphatic rings. The van der Waals surface area contributed by atoms with Crippen LogP contribution in [0.15, 0.2) is 30.5 Å². The molecule has 1 unspecified atom stereocenters.